The lowest BCUT2D eigenvalue weighted by Crippen LogP contribution is -2.39. The van der Waals surface area contributed by atoms with Crippen LogP contribution in [0, 0.1) is 6.92 Å². The molecule has 0 saturated carbocycles. The first-order valence-corrected chi connectivity index (χ1v) is 8.10. The molecule has 0 aliphatic carbocycles. The van der Waals surface area contributed by atoms with E-state index >= 15 is 0 Å². The van der Waals surface area contributed by atoms with Gasteiger partial charge in [0, 0.05) is 11.8 Å². The third-order valence-corrected chi connectivity index (χ3v) is 3.61. The van der Waals surface area contributed by atoms with Crippen molar-refractivity contribution in [3.05, 3.63) is 48.0 Å². The molecule has 0 aromatic heterocycles. The van der Waals surface area contributed by atoms with Crippen molar-refractivity contribution in [3.8, 4) is 11.5 Å². The maximum absolute atomic E-state index is 12.0. The largest absolute Gasteiger partial charge is 0.497 e. The van der Waals surface area contributed by atoms with Crippen molar-refractivity contribution in [2.45, 2.75) is 6.92 Å². The maximum atomic E-state index is 12.0. The van der Waals surface area contributed by atoms with Gasteiger partial charge in [-0.3, -0.25) is 14.4 Å². The molecule has 27 heavy (non-hydrogen) atoms. The van der Waals surface area contributed by atoms with Crippen LogP contribution in [0.1, 0.15) is 5.56 Å². The lowest BCUT2D eigenvalue weighted by Gasteiger charge is -2.12. The Balaban J connectivity index is 1.88. The van der Waals surface area contributed by atoms with Crippen molar-refractivity contribution in [3.63, 3.8) is 0 Å². The van der Waals surface area contributed by atoms with Crippen molar-refractivity contribution in [1.29, 1.82) is 0 Å². The number of carbonyl (C=O) groups excluding carboxylic acids is 3. The molecule has 0 aliphatic rings. The number of nitrogens with one attached hydrogen (secondary N) is 3. The highest BCUT2D eigenvalue weighted by atomic mass is 16.5. The molecule has 8 heteroatoms. The molecule has 2 aromatic carbocycles. The zero-order chi connectivity index (χ0) is 19.8. The van der Waals surface area contributed by atoms with Crippen LogP contribution in [0.15, 0.2) is 42.5 Å². The highest BCUT2D eigenvalue weighted by molar-refractivity contribution is 6.39. The van der Waals surface area contributed by atoms with E-state index in [9.17, 15) is 14.4 Å². The lowest BCUT2D eigenvalue weighted by atomic mass is 10.2. The van der Waals surface area contributed by atoms with Crippen LogP contribution in [0.3, 0.4) is 0 Å². The predicted octanol–water partition coefficient (Wildman–Crippen LogP) is 1.71. The van der Waals surface area contributed by atoms with E-state index in [4.69, 9.17) is 9.47 Å². The van der Waals surface area contributed by atoms with Gasteiger partial charge in [0.05, 0.1) is 26.5 Å². The summed E-state index contributed by atoms with van der Waals surface area (Å²) in [5.74, 6) is -1.31. The van der Waals surface area contributed by atoms with Gasteiger partial charge in [0.1, 0.15) is 11.5 Å². The van der Waals surface area contributed by atoms with Crippen LogP contribution in [-0.2, 0) is 14.4 Å². The van der Waals surface area contributed by atoms with Crippen molar-refractivity contribution < 1.29 is 23.9 Å². The topological polar surface area (TPSA) is 106 Å². The minimum Gasteiger partial charge on any atom is -0.497 e. The van der Waals surface area contributed by atoms with Crippen molar-refractivity contribution >= 4 is 29.1 Å². The molecule has 0 saturated heterocycles. The monoisotopic (exact) mass is 371 g/mol. The third kappa shape index (κ3) is 5.74. The van der Waals surface area contributed by atoms with Gasteiger partial charge in [0.25, 0.3) is 0 Å². The van der Waals surface area contributed by atoms with E-state index in [1.165, 1.54) is 14.2 Å². The summed E-state index contributed by atoms with van der Waals surface area (Å²) in [5.41, 5.74) is 1.91. The van der Waals surface area contributed by atoms with Crippen LogP contribution >= 0.6 is 0 Å². The number of hydrogen-bond acceptors (Lipinski definition) is 5. The number of methoxy groups -OCH3 is 2. The fraction of sp³-hybridized carbons (Fsp3) is 0.211. The highest BCUT2D eigenvalue weighted by Gasteiger charge is 2.16. The summed E-state index contributed by atoms with van der Waals surface area (Å²) in [7, 11) is 2.97. The molecule has 2 rings (SSSR count). The quantitative estimate of drug-likeness (QED) is 0.671. The summed E-state index contributed by atoms with van der Waals surface area (Å²) in [4.78, 5) is 35.8. The summed E-state index contributed by atoms with van der Waals surface area (Å²) in [6.07, 6.45) is 0. The van der Waals surface area contributed by atoms with E-state index < -0.39 is 17.7 Å². The van der Waals surface area contributed by atoms with Crippen LogP contribution in [0.25, 0.3) is 0 Å². The second-order valence-corrected chi connectivity index (χ2v) is 5.62. The number of ether oxygens (including phenoxy) is 2. The number of rotatable bonds is 6. The SMILES string of the molecule is COc1ccc(OC)c(NC(=O)CNC(=O)C(=O)Nc2ccc(C)cc2)c1. The predicted molar refractivity (Wildman–Crippen MR) is 101 cm³/mol. The average molecular weight is 371 g/mol. The molecule has 3 N–H and O–H groups in total. The summed E-state index contributed by atoms with van der Waals surface area (Å²) < 4.78 is 10.3. The zero-order valence-corrected chi connectivity index (χ0v) is 15.3. The number of carbonyl (C=O) groups is 3. The molecule has 0 unspecified atom stereocenters. The van der Waals surface area contributed by atoms with Crippen LogP contribution in [-0.4, -0.2) is 38.5 Å². The second-order valence-electron chi connectivity index (χ2n) is 5.62. The average Bonchev–Trinajstić information content (AvgIpc) is 2.67. The number of amides is 3. The number of aryl methyl sites for hydroxylation is 1. The fourth-order valence-corrected chi connectivity index (χ4v) is 2.17. The van der Waals surface area contributed by atoms with Gasteiger partial charge < -0.3 is 25.4 Å². The van der Waals surface area contributed by atoms with Gasteiger partial charge in [-0.1, -0.05) is 17.7 Å². The lowest BCUT2D eigenvalue weighted by molar-refractivity contribution is -0.136. The molecule has 0 spiro atoms. The molecule has 0 atom stereocenters. The Bertz CT molecular complexity index is 834. The normalized spacial score (nSPS) is 9.89. The molecule has 0 bridgehead atoms. The summed E-state index contributed by atoms with van der Waals surface area (Å²) in [6, 6.07) is 11.9. The van der Waals surface area contributed by atoms with Crippen LogP contribution in [0.4, 0.5) is 11.4 Å². The van der Waals surface area contributed by atoms with Gasteiger partial charge in [0.15, 0.2) is 0 Å². The minimum absolute atomic E-state index is 0.374. The molecular weight excluding hydrogens is 350 g/mol. The Hall–Kier alpha value is -3.55. The first kappa shape index (κ1) is 19.8. The van der Waals surface area contributed by atoms with E-state index in [1.54, 1.807) is 30.3 Å². The van der Waals surface area contributed by atoms with Crippen LogP contribution in [0.2, 0.25) is 0 Å². The second kappa shape index (κ2) is 9.23. The van der Waals surface area contributed by atoms with Gasteiger partial charge in [-0.05, 0) is 31.2 Å². The van der Waals surface area contributed by atoms with E-state index in [0.29, 0.717) is 22.9 Å². The highest BCUT2D eigenvalue weighted by Crippen LogP contribution is 2.28. The fourth-order valence-electron chi connectivity index (χ4n) is 2.17. The van der Waals surface area contributed by atoms with E-state index in [1.807, 2.05) is 19.1 Å². The van der Waals surface area contributed by atoms with Crippen molar-refractivity contribution in [1.82, 2.24) is 5.32 Å². The number of anilines is 2. The molecule has 0 aliphatic heterocycles. The van der Waals surface area contributed by atoms with Crippen molar-refractivity contribution in [2.24, 2.45) is 0 Å². The molecule has 3 amide bonds. The molecule has 0 radical (unpaired) electrons. The molecule has 2 aromatic rings. The summed E-state index contributed by atoms with van der Waals surface area (Å²) in [6.45, 7) is 1.54. The van der Waals surface area contributed by atoms with Gasteiger partial charge in [0.2, 0.25) is 5.91 Å². The summed E-state index contributed by atoms with van der Waals surface area (Å²) in [5, 5.41) is 7.32. The number of benzene rings is 2. The first-order valence-electron chi connectivity index (χ1n) is 8.10. The van der Waals surface area contributed by atoms with E-state index in [0.717, 1.165) is 5.56 Å². The third-order valence-electron chi connectivity index (χ3n) is 3.61. The van der Waals surface area contributed by atoms with Gasteiger partial charge in [-0.15, -0.1) is 0 Å². The Morgan fingerprint density at radius 2 is 1.59 bits per heavy atom. The van der Waals surface area contributed by atoms with Crippen molar-refractivity contribution in [2.75, 3.05) is 31.4 Å². The van der Waals surface area contributed by atoms with E-state index in [-0.39, 0.29) is 6.54 Å². The number of hydrogen-bond donors (Lipinski definition) is 3. The first-order chi connectivity index (χ1) is 12.9. The standard InChI is InChI=1S/C19H21N3O5/c1-12-4-6-13(7-5-12)21-19(25)18(24)20-11-17(23)22-15-10-14(26-2)8-9-16(15)27-3/h4-10H,11H2,1-3H3,(H,20,24)(H,21,25)(H,22,23). The zero-order valence-electron chi connectivity index (χ0n) is 15.3. The molecule has 142 valence electrons. The Labute approximate surface area is 156 Å². The molecule has 0 fully saturated rings. The Morgan fingerprint density at radius 1 is 0.889 bits per heavy atom. The van der Waals surface area contributed by atoms with Gasteiger partial charge in [-0.25, -0.2) is 0 Å². The van der Waals surface area contributed by atoms with Gasteiger partial charge in [-0.2, -0.15) is 0 Å². The Morgan fingerprint density at radius 3 is 2.22 bits per heavy atom. The van der Waals surface area contributed by atoms with Gasteiger partial charge >= 0.3 is 11.8 Å². The molecule has 8 nitrogen and oxygen atoms in total. The maximum Gasteiger partial charge on any atom is 0.313 e. The Kier molecular flexibility index (Phi) is 6.76. The minimum atomic E-state index is -0.914. The molecule has 0 heterocycles. The van der Waals surface area contributed by atoms with Crippen LogP contribution in [0.5, 0.6) is 11.5 Å². The van der Waals surface area contributed by atoms with Crippen LogP contribution < -0.4 is 25.4 Å². The molecular formula is C19H21N3O5. The smallest absolute Gasteiger partial charge is 0.313 e. The van der Waals surface area contributed by atoms with E-state index in [2.05, 4.69) is 16.0 Å². The summed E-state index contributed by atoms with van der Waals surface area (Å²) >= 11 is 0.